The fourth-order valence-electron chi connectivity index (χ4n) is 4.04. The van der Waals surface area contributed by atoms with Crippen LogP contribution in [0.3, 0.4) is 0 Å². The van der Waals surface area contributed by atoms with Crippen molar-refractivity contribution < 1.29 is 9.53 Å². The molecule has 0 saturated carbocycles. The molecule has 0 aromatic heterocycles. The molecule has 0 spiro atoms. The zero-order valence-corrected chi connectivity index (χ0v) is 17.2. The summed E-state index contributed by atoms with van der Waals surface area (Å²) in [5.74, 6) is -0.0648. The highest BCUT2D eigenvalue weighted by molar-refractivity contribution is 7.80. The van der Waals surface area contributed by atoms with Crippen LogP contribution in [-0.2, 0) is 15.1 Å². The number of ether oxygens (including phenoxy) is 1. The molecule has 3 atom stereocenters. The van der Waals surface area contributed by atoms with Crippen LogP contribution in [0.1, 0.15) is 26.3 Å². The van der Waals surface area contributed by atoms with E-state index in [2.05, 4.69) is 36.2 Å². The summed E-state index contributed by atoms with van der Waals surface area (Å²) in [5.41, 5.74) is 1.94. The number of rotatable bonds is 3. The van der Waals surface area contributed by atoms with Crippen molar-refractivity contribution in [2.45, 2.75) is 38.5 Å². The molecule has 2 aromatic carbocycles. The molecule has 6 heteroatoms. The van der Waals surface area contributed by atoms with Gasteiger partial charge < -0.3 is 15.0 Å². The molecule has 2 aliphatic heterocycles. The number of benzene rings is 2. The van der Waals surface area contributed by atoms with Crippen molar-refractivity contribution in [3.05, 3.63) is 60.2 Å². The van der Waals surface area contributed by atoms with E-state index in [1.54, 1.807) is 4.90 Å². The van der Waals surface area contributed by atoms with E-state index in [0.29, 0.717) is 5.11 Å². The summed E-state index contributed by atoms with van der Waals surface area (Å²) in [7, 11) is 0. The molecule has 2 heterocycles. The Morgan fingerprint density at radius 1 is 1.00 bits per heavy atom. The molecule has 2 fully saturated rings. The SMILES string of the molecule is C[C@@H]1CN(c2ccc(C3(C)NC(=S)N(c4ccccc4)C3=O)cc2)C[C@H](C)O1. The quantitative estimate of drug-likeness (QED) is 0.807. The number of amides is 1. The Labute approximate surface area is 171 Å². The van der Waals surface area contributed by atoms with E-state index >= 15 is 0 Å². The Kier molecular flexibility index (Phi) is 4.85. The lowest BCUT2D eigenvalue weighted by Crippen LogP contribution is -2.45. The van der Waals surface area contributed by atoms with Crippen LogP contribution >= 0.6 is 12.2 Å². The molecule has 4 rings (SSSR count). The molecule has 28 heavy (non-hydrogen) atoms. The number of anilines is 2. The number of para-hydroxylation sites is 1. The summed E-state index contributed by atoms with van der Waals surface area (Å²) < 4.78 is 5.82. The van der Waals surface area contributed by atoms with Crippen molar-refractivity contribution in [1.29, 1.82) is 0 Å². The standard InChI is InChI=1S/C22H25N3O2S/c1-15-13-24(14-16(2)27-15)18-11-9-17(10-12-18)22(3)20(26)25(21(28)23-22)19-7-5-4-6-8-19/h4-12,15-16H,13-14H2,1-3H3,(H,23,28)/t15-,16+,22?. The first-order chi connectivity index (χ1) is 13.4. The molecule has 0 radical (unpaired) electrons. The lowest BCUT2D eigenvalue weighted by Gasteiger charge is -2.37. The first kappa shape index (κ1) is 18.9. The van der Waals surface area contributed by atoms with E-state index in [4.69, 9.17) is 17.0 Å². The van der Waals surface area contributed by atoms with Crippen molar-refractivity contribution in [2.24, 2.45) is 0 Å². The van der Waals surface area contributed by atoms with Gasteiger partial charge in [0, 0.05) is 18.8 Å². The average molecular weight is 396 g/mol. The minimum absolute atomic E-state index is 0.0648. The molecule has 0 aliphatic carbocycles. The monoisotopic (exact) mass is 395 g/mol. The molecule has 146 valence electrons. The fourth-order valence-corrected chi connectivity index (χ4v) is 4.43. The normalized spacial score (nSPS) is 27.8. The van der Waals surface area contributed by atoms with Gasteiger partial charge in [0.25, 0.3) is 5.91 Å². The smallest absolute Gasteiger partial charge is 0.263 e. The number of thiocarbonyl (C=S) groups is 1. The molecule has 2 saturated heterocycles. The van der Waals surface area contributed by atoms with Crippen molar-refractivity contribution in [3.8, 4) is 0 Å². The predicted molar refractivity (Wildman–Crippen MR) is 116 cm³/mol. The molecule has 0 bridgehead atoms. The van der Waals surface area contributed by atoms with Crippen LogP contribution in [0.25, 0.3) is 0 Å². The second-order valence-electron chi connectivity index (χ2n) is 7.74. The summed E-state index contributed by atoms with van der Waals surface area (Å²) >= 11 is 5.47. The zero-order valence-electron chi connectivity index (χ0n) is 16.4. The van der Waals surface area contributed by atoms with E-state index < -0.39 is 5.54 Å². The first-order valence-electron chi connectivity index (χ1n) is 9.61. The molecule has 2 aromatic rings. The van der Waals surface area contributed by atoms with Gasteiger partial charge in [0.2, 0.25) is 0 Å². The van der Waals surface area contributed by atoms with Gasteiger partial charge in [0.05, 0.1) is 17.9 Å². The van der Waals surface area contributed by atoms with Crippen molar-refractivity contribution in [1.82, 2.24) is 5.32 Å². The number of nitrogens with one attached hydrogen (secondary N) is 1. The van der Waals surface area contributed by atoms with Gasteiger partial charge in [-0.05, 0) is 62.8 Å². The van der Waals surface area contributed by atoms with Crippen molar-refractivity contribution in [3.63, 3.8) is 0 Å². The lowest BCUT2D eigenvalue weighted by atomic mass is 9.91. The molecule has 1 N–H and O–H groups in total. The summed E-state index contributed by atoms with van der Waals surface area (Å²) in [6.45, 7) is 7.81. The maximum atomic E-state index is 13.3. The summed E-state index contributed by atoms with van der Waals surface area (Å²) in [6.07, 6.45) is 0.409. The van der Waals surface area contributed by atoms with Crippen LogP contribution in [0.5, 0.6) is 0 Å². The van der Waals surface area contributed by atoms with Gasteiger partial charge in [-0.3, -0.25) is 9.69 Å². The largest absolute Gasteiger partial charge is 0.372 e. The van der Waals surface area contributed by atoms with Crippen LogP contribution in [-0.4, -0.2) is 36.3 Å². The highest BCUT2D eigenvalue weighted by Gasteiger charge is 2.47. The number of carbonyl (C=O) groups is 1. The third kappa shape index (κ3) is 3.27. The van der Waals surface area contributed by atoms with Crippen molar-refractivity contribution >= 4 is 34.6 Å². The van der Waals surface area contributed by atoms with Crippen LogP contribution in [0.15, 0.2) is 54.6 Å². The predicted octanol–water partition coefficient (Wildman–Crippen LogP) is 3.44. The van der Waals surface area contributed by atoms with E-state index in [0.717, 1.165) is 30.0 Å². The van der Waals surface area contributed by atoms with Gasteiger partial charge in [-0.25, -0.2) is 0 Å². The van der Waals surface area contributed by atoms with Crippen LogP contribution in [0.4, 0.5) is 11.4 Å². The van der Waals surface area contributed by atoms with Crippen molar-refractivity contribution in [2.75, 3.05) is 22.9 Å². The molecule has 1 amide bonds. The minimum atomic E-state index is -0.878. The van der Waals surface area contributed by atoms with Gasteiger partial charge >= 0.3 is 0 Å². The molecular weight excluding hydrogens is 370 g/mol. The average Bonchev–Trinajstić information content (AvgIpc) is 2.91. The molecule has 2 aliphatic rings. The van der Waals surface area contributed by atoms with Crippen LogP contribution in [0, 0.1) is 0 Å². The highest BCUT2D eigenvalue weighted by Crippen LogP contribution is 2.33. The second kappa shape index (κ2) is 7.18. The Balaban J connectivity index is 1.59. The number of morpholine rings is 1. The summed E-state index contributed by atoms with van der Waals surface area (Å²) in [4.78, 5) is 17.2. The Morgan fingerprint density at radius 2 is 1.61 bits per heavy atom. The molecule has 5 nitrogen and oxygen atoms in total. The van der Waals surface area contributed by atoms with E-state index in [-0.39, 0.29) is 18.1 Å². The third-order valence-electron chi connectivity index (χ3n) is 5.43. The van der Waals surface area contributed by atoms with E-state index in [1.807, 2.05) is 49.4 Å². The Morgan fingerprint density at radius 3 is 2.21 bits per heavy atom. The van der Waals surface area contributed by atoms with Gasteiger partial charge in [0.15, 0.2) is 5.11 Å². The van der Waals surface area contributed by atoms with Gasteiger partial charge in [-0.1, -0.05) is 30.3 Å². The number of hydrogen-bond donors (Lipinski definition) is 1. The zero-order chi connectivity index (χ0) is 19.9. The Hall–Kier alpha value is -2.44. The highest BCUT2D eigenvalue weighted by atomic mass is 32.1. The second-order valence-corrected chi connectivity index (χ2v) is 8.13. The first-order valence-corrected chi connectivity index (χ1v) is 10.0. The van der Waals surface area contributed by atoms with E-state index in [9.17, 15) is 4.79 Å². The molecular formula is C22H25N3O2S. The number of nitrogens with zero attached hydrogens (tertiary/aromatic N) is 2. The number of carbonyl (C=O) groups excluding carboxylic acids is 1. The topological polar surface area (TPSA) is 44.8 Å². The van der Waals surface area contributed by atoms with Crippen LogP contribution < -0.4 is 15.1 Å². The minimum Gasteiger partial charge on any atom is -0.372 e. The molecule has 1 unspecified atom stereocenters. The Bertz CT molecular complexity index is 876. The van der Waals surface area contributed by atoms with Gasteiger partial charge in [0.1, 0.15) is 5.54 Å². The lowest BCUT2D eigenvalue weighted by molar-refractivity contribution is -0.121. The maximum absolute atomic E-state index is 13.3. The van der Waals surface area contributed by atoms with Gasteiger partial charge in [-0.15, -0.1) is 0 Å². The van der Waals surface area contributed by atoms with Gasteiger partial charge in [-0.2, -0.15) is 0 Å². The fraction of sp³-hybridized carbons (Fsp3) is 0.364. The van der Waals surface area contributed by atoms with E-state index in [1.165, 1.54) is 0 Å². The summed E-state index contributed by atoms with van der Waals surface area (Å²) in [6, 6.07) is 17.7. The maximum Gasteiger partial charge on any atom is 0.263 e. The van der Waals surface area contributed by atoms with Crippen LogP contribution in [0.2, 0.25) is 0 Å². The third-order valence-corrected chi connectivity index (χ3v) is 5.72. The summed E-state index contributed by atoms with van der Waals surface area (Å²) in [5, 5.41) is 3.66. The number of hydrogen-bond acceptors (Lipinski definition) is 4.